The average molecular weight is 247 g/mol. The van der Waals surface area contributed by atoms with Crippen LogP contribution >= 0.6 is 0 Å². The van der Waals surface area contributed by atoms with E-state index in [2.05, 4.69) is 73.4 Å². The fraction of sp³-hybridized carbons (Fsp3) is 0.111. The first-order valence-corrected chi connectivity index (χ1v) is 6.57. The Labute approximate surface area is 113 Å². The molecule has 19 heavy (non-hydrogen) atoms. The Hall–Kier alpha value is -2.28. The minimum absolute atomic E-state index is 1.20. The third-order valence-corrected chi connectivity index (χ3v) is 3.53. The number of para-hydroxylation sites is 1. The summed E-state index contributed by atoms with van der Waals surface area (Å²) < 4.78 is 0. The molecule has 0 amide bonds. The first-order chi connectivity index (χ1) is 9.25. The summed E-state index contributed by atoms with van der Waals surface area (Å²) in [6.07, 6.45) is 2.27. The van der Waals surface area contributed by atoms with E-state index in [0.717, 1.165) is 0 Å². The minimum Gasteiger partial charge on any atom is -0.358 e. The largest absolute Gasteiger partial charge is 0.358 e. The van der Waals surface area contributed by atoms with Crippen molar-refractivity contribution in [2.45, 2.75) is 13.8 Å². The average Bonchev–Trinajstić information content (AvgIpc) is 2.76. The first kappa shape index (κ1) is 11.8. The van der Waals surface area contributed by atoms with Crippen LogP contribution in [-0.2, 0) is 0 Å². The Morgan fingerprint density at radius 3 is 2.42 bits per heavy atom. The Kier molecular flexibility index (Phi) is 2.96. The number of hydrogen-bond donors (Lipinski definition) is 1. The number of allylic oxidation sites excluding steroid dienone is 1. The van der Waals surface area contributed by atoms with Gasteiger partial charge in [-0.15, -0.1) is 0 Å². The molecule has 1 aromatic heterocycles. The van der Waals surface area contributed by atoms with Crippen LogP contribution < -0.4 is 0 Å². The molecular formula is C18H17N. The predicted octanol–water partition coefficient (Wildman–Crippen LogP) is 5.04. The molecule has 1 heteroatoms. The topological polar surface area (TPSA) is 15.8 Å². The summed E-state index contributed by atoms with van der Waals surface area (Å²) in [7, 11) is 0. The molecule has 0 aliphatic carbocycles. The second-order valence-electron chi connectivity index (χ2n) is 4.90. The van der Waals surface area contributed by atoms with Crippen molar-refractivity contribution in [3.63, 3.8) is 0 Å². The van der Waals surface area contributed by atoms with Crippen molar-refractivity contribution in [3.05, 3.63) is 71.4 Å². The fourth-order valence-corrected chi connectivity index (χ4v) is 2.49. The van der Waals surface area contributed by atoms with Gasteiger partial charge in [-0.3, -0.25) is 0 Å². The summed E-state index contributed by atoms with van der Waals surface area (Å²) in [5, 5.41) is 1.29. The van der Waals surface area contributed by atoms with E-state index in [9.17, 15) is 0 Å². The third-order valence-electron chi connectivity index (χ3n) is 3.53. The van der Waals surface area contributed by atoms with Gasteiger partial charge in [0.2, 0.25) is 0 Å². The molecule has 3 rings (SSSR count). The number of nitrogens with one attached hydrogen (secondary N) is 1. The van der Waals surface area contributed by atoms with E-state index in [1.54, 1.807) is 0 Å². The van der Waals surface area contributed by atoms with Crippen LogP contribution in [0.5, 0.6) is 0 Å². The number of aromatic nitrogens is 1. The van der Waals surface area contributed by atoms with Gasteiger partial charge in [0.1, 0.15) is 0 Å². The Balaban J connectivity index is 2.13. The Morgan fingerprint density at radius 1 is 0.947 bits per heavy atom. The molecule has 0 radical (unpaired) electrons. The molecule has 94 valence electrons. The van der Waals surface area contributed by atoms with Gasteiger partial charge in [-0.05, 0) is 37.1 Å². The number of benzene rings is 2. The van der Waals surface area contributed by atoms with E-state index < -0.39 is 0 Å². The van der Waals surface area contributed by atoms with Crippen molar-refractivity contribution in [1.29, 1.82) is 0 Å². The summed E-state index contributed by atoms with van der Waals surface area (Å²) in [6, 6.07) is 18.9. The molecule has 0 aliphatic heterocycles. The van der Waals surface area contributed by atoms with Crippen LogP contribution in [0, 0.1) is 6.92 Å². The number of hydrogen-bond acceptors (Lipinski definition) is 0. The lowest BCUT2D eigenvalue weighted by atomic mass is 10.0. The van der Waals surface area contributed by atoms with Crippen LogP contribution in [0.15, 0.2) is 54.6 Å². The first-order valence-electron chi connectivity index (χ1n) is 6.57. The van der Waals surface area contributed by atoms with Gasteiger partial charge in [0, 0.05) is 22.2 Å². The van der Waals surface area contributed by atoms with Gasteiger partial charge >= 0.3 is 0 Å². The van der Waals surface area contributed by atoms with Gasteiger partial charge in [0.05, 0.1) is 0 Å². The number of aromatic amines is 1. The predicted molar refractivity (Wildman–Crippen MR) is 83.0 cm³/mol. The van der Waals surface area contributed by atoms with Gasteiger partial charge in [0.25, 0.3) is 0 Å². The van der Waals surface area contributed by atoms with E-state index in [0.29, 0.717) is 0 Å². The Bertz CT molecular complexity index is 733. The van der Waals surface area contributed by atoms with Crippen molar-refractivity contribution in [2.24, 2.45) is 0 Å². The van der Waals surface area contributed by atoms with Crippen LogP contribution in [-0.4, -0.2) is 4.98 Å². The lowest BCUT2D eigenvalue weighted by Gasteiger charge is -2.02. The molecule has 0 unspecified atom stereocenters. The van der Waals surface area contributed by atoms with Crippen molar-refractivity contribution >= 4 is 22.6 Å². The van der Waals surface area contributed by atoms with E-state index in [-0.39, 0.29) is 0 Å². The summed E-state index contributed by atoms with van der Waals surface area (Å²) in [5.74, 6) is 0. The zero-order valence-corrected chi connectivity index (χ0v) is 11.3. The highest BCUT2D eigenvalue weighted by Crippen LogP contribution is 2.26. The molecule has 0 spiro atoms. The highest BCUT2D eigenvalue weighted by Gasteiger charge is 2.06. The van der Waals surface area contributed by atoms with Gasteiger partial charge in [-0.25, -0.2) is 0 Å². The van der Waals surface area contributed by atoms with Crippen molar-refractivity contribution < 1.29 is 0 Å². The molecule has 0 bridgehead atoms. The quantitative estimate of drug-likeness (QED) is 0.653. The number of aryl methyl sites for hydroxylation is 1. The molecule has 0 saturated heterocycles. The maximum absolute atomic E-state index is 3.44. The molecule has 0 atom stereocenters. The Morgan fingerprint density at radius 2 is 1.63 bits per heavy atom. The zero-order valence-electron chi connectivity index (χ0n) is 11.3. The minimum atomic E-state index is 1.20. The second-order valence-corrected chi connectivity index (χ2v) is 4.90. The highest BCUT2D eigenvalue weighted by atomic mass is 14.7. The van der Waals surface area contributed by atoms with Crippen molar-refractivity contribution in [1.82, 2.24) is 4.98 Å². The monoisotopic (exact) mass is 247 g/mol. The van der Waals surface area contributed by atoms with Gasteiger partial charge in [-0.2, -0.15) is 0 Å². The summed E-state index contributed by atoms with van der Waals surface area (Å²) in [5.41, 5.74) is 6.26. The van der Waals surface area contributed by atoms with Crippen LogP contribution in [0.25, 0.3) is 22.6 Å². The molecule has 1 N–H and O–H groups in total. The third kappa shape index (κ3) is 2.19. The second kappa shape index (κ2) is 4.77. The molecular weight excluding hydrogens is 230 g/mol. The molecule has 1 heterocycles. The molecule has 0 fully saturated rings. The van der Waals surface area contributed by atoms with Gasteiger partial charge in [-0.1, -0.05) is 48.5 Å². The van der Waals surface area contributed by atoms with E-state index in [1.807, 2.05) is 6.07 Å². The van der Waals surface area contributed by atoms with Crippen LogP contribution in [0.3, 0.4) is 0 Å². The fourth-order valence-electron chi connectivity index (χ4n) is 2.49. The maximum Gasteiger partial charge on any atom is 0.0462 e. The molecule has 2 aromatic carbocycles. The van der Waals surface area contributed by atoms with Crippen LogP contribution in [0.1, 0.15) is 23.7 Å². The molecule has 1 nitrogen and oxygen atoms in total. The number of rotatable bonds is 2. The standard InChI is InChI=1S/C18H17N/c1-13(15-8-4-3-5-9-15)12-17-14(2)19-18-11-7-6-10-16(17)18/h3-12,19H,1-2H3. The summed E-state index contributed by atoms with van der Waals surface area (Å²) >= 11 is 0. The van der Waals surface area contributed by atoms with Crippen LogP contribution in [0.2, 0.25) is 0 Å². The molecule has 0 aliphatic rings. The number of H-pyrrole nitrogens is 1. The van der Waals surface area contributed by atoms with E-state index >= 15 is 0 Å². The normalized spacial score (nSPS) is 12.0. The van der Waals surface area contributed by atoms with E-state index in [4.69, 9.17) is 0 Å². The smallest absolute Gasteiger partial charge is 0.0462 e. The lowest BCUT2D eigenvalue weighted by molar-refractivity contribution is 1.29. The summed E-state index contributed by atoms with van der Waals surface area (Å²) in [4.78, 5) is 3.44. The maximum atomic E-state index is 3.44. The molecule has 0 saturated carbocycles. The molecule has 3 aromatic rings. The van der Waals surface area contributed by atoms with Gasteiger partial charge in [0.15, 0.2) is 0 Å². The van der Waals surface area contributed by atoms with Gasteiger partial charge < -0.3 is 4.98 Å². The van der Waals surface area contributed by atoms with Crippen molar-refractivity contribution in [3.8, 4) is 0 Å². The van der Waals surface area contributed by atoms with E-state index in [1.165, 1.54) is 33.3 Å². The zero-order chi connectivity index (χ0) is 13.2. The van der Waals surface area contributed by atoms with Crippen LogP contribution in [0.4, 0.5) is 0 Å². The van der Waals surface area contributed by atoms with Crippen molar-refractivity contribution in [2.75, 3.05) is 0 Å². The highest BCUT2D eigenvalue weighted by molar-refractivity contribution is 5.95. The number of fused-ring (bicyclic) bond motifs is 1. The lowest BCUT2D eigenvalue weighted by Crippen LogP contribution is -1.80. The summed E-state index contributed by atoms with van der Waals surface area (Å²) in [6.45, 7) is 4.29. The SMILES string of the molecule is CC(=Cc1c(C)[nH]c2ccccc12)c1ccccc1.